The van der Waals surface area contributed by atoms with Gasteiger partial charge in [-0.25, -0.2) is 4.98 Å². The summed E-state index contributed by atoms with van der Waals surface area (Å²) in [5, 5.41) is 0. The number of nitrogen functional groups attached to an aromatic ring is 1. The van der Waals surface area contributed by atoms with Crippen LogP contribution in [0.15, 0.2) is 24.5 Å². The molecule has 3 N–H and O–H groups in total. The molecule has 0 amide bonds. The third kappa shape index (κ3) is 2.07. The predicted molar refractivity (Wildman–Crippen MR) is 98.7 cm³/mol. The zero-order valence-corrected chi connectivity index (χ0v) is 14.0. The Labute approximate surface area is 146 Å². The van der Waals surface area contributed by atoms with Gasteiger partial charge in [-0.1, -0.05) is 17.6 Å². The van der Waals surface area contributed by atoms with Crippen molar-refractivity contribution in [2.45, 2.75) is 11.8 Å². The maximum atomic E-state index is 6.09. The monoisotopic (exact) mass is 331 g/mol. The van der Waals surface area contributed by atoms with E-state index in [0.29, 0.717) is 5.65 Å². The van der Waals surface area contributed by atoms with Gasteiger partial charge in [0, 0.05) is 24.2 Å². The number of benzene rings is 1. The summed E-state index contributed by atoms with van der Waals surface area (Å²) in [6.07, 6.45) is 2.74. The minimum absolute atomic E-state index is 0.0871. The molecule has 2 radical (unpaired) electrons. The summed E-state index contributed by atoms with van der Waals surface area (Å²) < 4.78 is 0. The first kappa shape index (κ1) is 14.7. The molecule has 7 nitrogen and oxygen atoms in total. The first-order chi connectivity index (χ1) is 12.1. The number of likely N-dealkylation sites (tertiary alicyclic amines) is 1. The third-order valence-corrected chi connectivity index (χ3v) is 5.43. The SMILES string of the molecule is [B]c1ccc2c(c1)N(c1nc(N)nc3nc[nH]c13)CC21CCN(C)C1. The lowest BCUT2D eigenvalue weighted by Gasteiger charge is -2.25. The van der Waals surface area contributed by atoms with E-state index >= 15 is 0 Å². The fourth-order valence-electron chi connectivity index (χ4n) is 4.34. The van der Waals surface area contributed by atoms with Crippen LogP contribution in [0.1, 0.15) is 12.0 Å². The Morgan fingerprint density at radius 3 is 2.96 bits per heavy atom. The van der Waals surface area contributed by atoms with Crippen LogP contribution in [0.3, 0.4) is 0 Å². The van der Waals surface area contributed by atoms with Crippen LogP contribution >= 0.6 is 0 Å². The molecule has 8 heteroatoms. The lowest BCUT2D eigenvalue weighted by atomic mass is 9.80. The van der Waals surface area contributed by atoms with Crippen LogP contribution in [0.5, 0.6) is 0 Å². The second-order valence-electron chi connectivity index (χ2n) is 7.14. The highest BCUT2D eigenvalue weighted by molar-refractivity contribution is 6.32. The number of anilines is 3. The van der Waals surface area contributed by atoms with Crippen LogP contribution in [-0.2, 0) is 5.41 Å². The van der Waals surface area contributed by atoms with Gasteiger partial charge in [0.05, 0.1) is 6.33 Å². The minimum Gasteiger partial charge on any atom is -0.368 e. The summed E-state index contributed by atoms with van der Waals surface area (Å²) >= 11 is 0. The molecule has 124 valence electrons. The average molecular weight is 331 g/mol. The molecule has 3 aromatic rings. The molecule has 0 saturated carbocycles. The van der Waals surface area contributed by atoms with E-state index in [1.54, 1.807) is 6.33 Å². The van der Waals surface area contributed by atoms with Gasteiger partial charge in [-0.2, -0.15) is 9.97 Å². The molecule has 4 heterocycles. The molecule has 1 saturated heterocycles. The smallest absolute Gasteiger partial charge is 0.224 e. The van der Waals surface area contributed by atoms with Crippen LogP contribution < -0.4 is 16.1 Å². The minimum atomic E-state index is 0.0871. The van der Waals surface area contributed by atoms with Crippen LogP contribution in [0.25, 0.3) is 11.2 Å². The normalized spacial score (nSPS) is 23.0. The Morgan fingerprint density at radius 1 is 1.28 bits per heavy atom. The number of nitrogens with two attached hydrogens (primary N) is 1. The highest BCUT2D eigenvalue weighted by atomic mass is 15.3. The molecule has 5 rings (SSSR count). The third-order valence-electron chi connectivity index (χ3n) is 5.43. The second-order valence-corrected chi connectivity index (χ2v) is 7.14. The Bertz CT molecular complexity index is 984. The fourth-order valence-corrected chi connectivity index (χ4v) is 4.34. The van der Waals surface area contributed by atoms with Gasteiger partial charge in [-0.3, -0.25) is 0 Å². The predicted octanol–water partition coefficient (Wildman–Crippen LogP) is 0.454. The molecule has 0 bridgehead atoms. The summed E-state index contributed by atoms with van der Waals surface area (Å²) in [5.41, 5.74) is 10.6. The largest absolute Gasteiger partial charge is 0.368 e. The van der Waals surface area contributed by atoms with Crippen molar-refractivity contribution in [1.82, 2.24) is 24.8 Å². The summed E-state index contributed by atoms with van der Waals surface area (Å²) in [6, 6.07) is 6.18. The molecule has 1 atom stereocenters. The van der Waals surface area contributed by atoms with Crippen molar-refractivity contribution in [3.05, 3.63) is 30.1 Å². The van der Waals surface area contributed by atoms with Gasteiger partial charge < -0.3 is 20.5 Å². The molecule has 2 aliphatic heterocycles. The van der Waals surface area contributed by atoms with E-state index in [2.05, 4.69) is 42.8 Å². The molecule has 2 aliphatic rings. The van der Waals surface area contributed by atoms with Crippen molar-refractivity contribution in [3.8, 4) is 0 Å². The van der Waals surface area contributed by atoms with Crippen molar-refractivity contribution in [2.24, 2.45) is 0 Å². The first-order valence-corrected chi connectivity index (χ1v) is 8.38. The highest BCUT2D eigenvalue weighted by Gasteiger charge is 2.47. The second kappa shape index (κ2) is 4.95. The quantitative estimate of drug-likeness (QED) is 0.630. The number of nitrogens with zero attached hydrogens (tertiary/aromatic N) is 5. The highest BCUT2D eigenvalue weighted by Crippen LogP contribution is 2.48. The van der Waals surface area contributed by atoms with Gasteiger partial charge in [0.15, 0.2) is 11.5 Å². The molecule has 1 fully saturated rings. The van der Waals surface area contributed by atoms with Gasteiger partial charge in [0.2, 0.25) is 5.95 Å². The van der Waals surface area contributed by atoms with Crippen LogP contribution in [-0.4, -0.2) is 59.4 Å². The summed E-state index contributed by atoms with van der Waals surface area (Å²) in [6.45, 7) is 2.96. The molecule has 25 heavy (non-hydrogen) atoms. The number of rotatable bonds is 1. The Kier molecular flexibility index (Phi) is 2.91. The maximum Gasteiger partial charge on any atom is 0.224 e. The van der Waals surface area contributed by atoms with E-state index in [1.807, 2.05) is 12.1 Å². The zero-order chi connectivity index (χ0) is 17.2. The molecule has 1 aromatic carbocycles. The Balaban J connectivity index is 1.73. The van der Waals surface area contributed by atoms with Crippen molar-refractivity contribution < 1.29 is 0 Å². The Hall–Kier alpha value is -2.61. The summed E-state index contributed by atoms with van der Waals surface area (Å²) in [7, 11) is 8.26. The van der Waals surface area contributed by atoms with E-state index in [0.717, 1.165) is 48.5 Å². The van der Waals surface area contributed by atoms with Crippen molar-refractivity contribution >= 4 is 41.9 Å². The number of nitrogens with one attached hydrogen (secondary N) is 1. The number of hydrogen-bond donors (Lipinski definition) is 2. The van der Waals surface area contributed by atoms with E-state index in [-0.39, 0.29) is 11.4 Å². The van der Waals surface area contributed by atoms with Gasteiger partial charge in [-0.05, 0) is 31.6 Å². The molecular weight excluding hydrogens is 313 g/mol. The lowest BCUT2D eigenvalue weighted by molar-refractivity contribution is 0.378. The van der Waals surface area contributed by atoms with Crippen molar-refractivity contribution in [3.63, 3.8) is 0 Å². The average Bonchev–Trinajstić information content (AvgIpc) is 3.25. The van der Waals surface area contributed by atoms with Gasteiger partial charge in [-0.15, -0.1) is 0 Å². The van der Waals surface area contributed by atoms with Gasteiger partial charge in [0.1, 0.15) is 13.4 Å². The van der Waals surface area contributed by atoms with E-state index < -0.39 is 0 Å². The Morgan fingerprint density at radius 2 is 2.16 bits per heavy atom. The van der Waals surface area contributed by atoms with Crippen molar-refractivity contribution in [2.75, 3.05) is 37.3 Å². The van der Waals surface area contributed by atoms with Gasteiger partial charge >= 0.3 is 0 Å². The van der Waals surface area contributed by atoms with Crippen molar-refractivity contribution in [1.29, 1.82) is 0 Å². The summed E-state index contributed by atoms with van der Waals surface area (Å²) in [5.74, 6) is 0.989. The number of H-pyrrole nitrogens is 1. The molecule has 1 unspecified atom stereocenters. The topological polar surface area (TPSA) is 87.0 Å². The molecule has 2 aromatic heterocycles. The number of fused-ring (bicyclic) bond motifs is 3. The lowest BCUT2D eigenvalue weighted by Crippen LogP contribution is -2.34. The molecule has 0 aliphatic carbocycles. The maximum absolute atomic E-state index is 6.09. The van der Waals surface area contributed by atoms with Crippen LogP contribution in [0, 0.1) is 0 Å². The zero-order valence-electron chi connectivity index (χ0n) is 14.0. The number of aromatic amines is 1. The van der Waals surface area contributed by atoms with E-state index in [1.165, 1.54) is 5.56 Å². The number of hydrogen-bond acceptors (Lipinski definition) is 6. The standard InChI is InChI=1S/C17H18BN7/c1-24-5-4-17(7-24)8-25(12-6-10(18)2-3-11(12)17)15-13-14(21-9-20-13)22-16(19)23-15/h2-3,6,9H,4-5,7-8H2,1H3,(H3,19,20,21,22,23). The van der Waals surface area contributed by atoms with Crippen LogP contribution in [0.2, 0.25) is 0 Å². The summed E-state index contributed by atoms with van der Waals surface area (Å²) in [4.78, 5) is 20.7. The van der Waals surface area contributed by atoms with Gasteiger partial charge in [0.25, 0.3) is 0 Å². The van der Waals surface area contributed by atoms with Crippen LogP contribution in [0.4, 0.5) is 17.5 Å². The number of likely N-dealkylation sites (N-methyl/N-ethyl adjacent to an activating group) is 1. The fraction of sp³-hybridized carbons (Fsp3) is 0.353. The molecular formula is C17H18BN7. The van der Waals surface area contributed by atoms with E-state index in [4.69, 9.17) is 13.6 Å². The number of aromatic nitrogens is 4. The van der Waals surface area contributed by atoms with E-state index in [9.17, 15) is 0 Å². The molecule has 1 spiro atoms. The first-order valence-electron chi connectivity index (χ1n) is 8.38. The number of imidazole rings is 1.